The van der Waals surface area contributed by atoms with Crippen LogP contribution < -0.4 is 19.7 Å². The number of hydrogen-bond donors (Lipinski definition) is 1. The Morgan fingerprint density at radius 2 is 1.68 bits per heavy atom. The topological polar surface area (TPSA) is 54.0 Å². The molecule has 4 rings (SSSR count). The number of carbonyl (C=O) groups excluding carboxylic acids is 1. The van der Waals surface area contributed by atoms with Gasteiger partial charge in [0.2, 0.25) is 0 Å². The van der Waals surface area contributed by atoms with Gasteiger partial charge in [0.05, 0.1) is 6.61 Å². The molecule has 1 amide bonds. The van der Waals surface area contributed by atoms with Gasteiger partial charge < -0.3 is 24.6 Å². The Bertz CT molecular complexity index is 1260. The number of nitrogens with one attached hydrogen (secondary N) is 1. The molecule has 0 radical (unpaired) electrons. The molecule has 1 fully saturated rings. The second-order valence-corrected chi connectivity index (χ2v) is 9.39. The zero-order valence-electron chi connectivity index (χ0n) is 21.4. The van der Waals surface area contributed by atoms with Crippen LogP contribution in [0.2, 0.25) is 0 Å². The van der Waals surface area contributed by atoms with Gasteiger partial charge in [-0.3, -0.25) is 4.79 Å². The van der Waals surface area contributed by atoms with Crippen molar-refractivity contribution in [3.8, 4) is 11.5 Å². The van der Waals surface area contributed by atoms with Crippen LogP contribution in [0.4, 0.5) is 15.8 Å². The third-order valence-corrected chi connectivity index (χ3v) is 6.76. The van der Waals surface area contributed by atoms with Crippen molar-refractivity contribution in [3.63, 3.8) is 0 Å². The number of carbonyl (C=O) groups is 1. The first-order chi connectivity index (χ1) is 17.8. The molecular formula is C29H32FN3O3S. The minimum atomic E-state index is -0.243. The van der Waals surface area contributed by atoms with E-state index in [0.717, 1.165) is 59.2 Å². The Kier molecular flexibility index (Phi) is 8.61. The van der Waals surface area contributed by atoms with E-state index in [9.17, 15) is 9.18 Å². The summed E-state index contributed by atoms with van der Waals surface area (Å²) < 4.78 is 24.9. The number of amides is 1. The lowest BCUT2D eigenvalue weighted by atomic mass is 10.1. The molecule has 0 bridgehead atoms. The van der Waals surface area contributed by atoms with E-state index in [2.05, 4.69) is 15.1 Å². The summed E-state index contributed by atoms with van der Waals surface area (Å²) in [5.74, 6) is 0.563. The molecule has 0 aliphatic carbocycles. The largest absolute Gasteiger partial charge is 0.490 e. The number of hydrogen-bond acceptors (Lipinski definition) is 5. The fourth-order valence-corrected chi connectivity index (χ4v) is 4.62. The highest BCUT2D eigenvalue weighted by atomic mass is 32.1. The van der Waals surface area contributed by atoms with Gasteiger partial charge in [0.25, 0.3) is 5.91 Å². The first-order valence-electron chi connectivity index (χ1n) is 12.4. The van der Waals surface area contributed by atoms with Crippen LogP contribution in [-0.2, 0) is 4.79 Å². The number of thiocarbonyl (C=S) groups is 1. The number of benzene rings is 3. The van der Waals surface area contributed by atoms with Crippen molar-refractivity contribution in [1.29, 1.82) is 0 Å². The molecule has 0 spiro atoms. The van der Waals surface area contributed by atoms with Crippen molar-refractivity contribution < 1.29 is 18.7 Å². The van der Waals surface area contributed by atoms with Crippen LogP contribution in [0.1, 0.15) is 23.6 Å². The maximum absolute atomic E-state index is 13.2. The smallest absolute Gasteiger partial charge is 0.262 e. The number of anilines is 2. The lowest BCUT2D eigenvalue weighted by molar-refractivity contribution is -0.118. The minimum absolute atomic E-state index is 0.136. The standard InChI is InChI=1S/C29H32FN3O3S/c1-4-35-27-18-22(29(37)33-15-13-32(14-16-33)24-9-7-23(30)8-10-24)6-12-26(27)36-19-28(34)31-25-11-5-20(2)17-21(25)3/h5-12,17-18H,4,13-16,19H2,1-3H3,(H,31,34). The van der Waals surface area contributed by atoms with E-state index in [4.69, 9.17) is 21.7 Å². The summed E-state index contributed by atoms with van der Waals surface area (Å²) in [6, 6.07) is 18.0. The van der Waals surface area contributed by atoms with Crippen molar-refractivity contribution in [2.75, 3.05) is 49.6 Å². The van der Waals surface area contributed by atoms with Crippen LogP contribution in [0.25, 0.3) is 0 Å². The van der Waals surface area contributed by atoms with Gasteiger partial charge in [-0.2, -0.15) is 0 Å². The number of halogens is 1. The van der Waals surface area contributed by atoms with E-state index in [1.54, 1.807) is 18.2 Å². The number of aryl methyl sites for hydroxylation is 2. The number of ether oxygens (including phenoxy) is 2. The van der Waals surface area contributed by atoms with Gasteiger partial charge in [0, 0.05) is 43.1 Å². The zero-order chi connectivity index (χ0) is 26.4. The van der Waals surface area contributed by atoms with Crippen LogP contribution in [0.5, 0.6) is 11.5 Å². The number of piperazine rings is 1. The van der Waals surface area contributed by atoms with Gasteiger partial charge in [0.1, 0.15) is 10.8 Å². The van der Waals surface area contributed by atoms with E-state index >= 15 is 0 Å². The Morgan fingerprint density at radius 3 is 2.35 bits per heavy atom. The van der Waals surface area contributed by atoms with E-state index in [0.29, 0.717) is 18.1 Å². The Morgan fingerprint density at radius 1 is 0.946 bits per heavy atom. The Balaban J connectivity index is 1.36. The van der Waals surface area contributed by atoms with Gasteiger partial charge in [-0.05, 0) is 74.9 Å². The zero-order valence-corrected chi connectivity index (χ0v) is 22.2. The quantitative estimate of drug-likeness (QED) is 0.403. The second kappa shape index (κ2) is 12.1. The van der Waals surface area contributed by atoms with Crippen molar-refractivity contribution >= 4 is 34.5 Å². The average molecular weight is 522 g/mol. The molecule has 1 aliphatic heterocycles. The maximum Gasteiger partial charge on any atom is 0.262 e. The van der Waals surface area contributed by atoms with Crippen LogP contribution in [0.3, 0.4) is 0 Å². The highest BCUT2D eigenvalue weighted by Gasteiger charge is 2.21. The molecule has 3 aromatic carbocycles. The summed E-state index contributed by atoms with van der Waals surface area (Å²) in [5.41, 5.74) is 4.78. The monoisotopic (exact) mass is 521 g/mol. The van der Waals surface area contributed by atoms with Crippen LogP contribution in [0.15, 0.2) is 60.7 Å². The molecule has 8 heteroatoms. The summed E-state index contributed by atoms with van der Waals surface area (Å²) in [5, 5.41) is 2.90. The van der Waals surface area contributed by atoms with Crippen LogP contribution in [0, 0.1) is 19.7 Å². The lowest BCUT2D eigenvalue weighted by Crippen LogP contribution is -2.48. The molecule has 1 heterocycles. The molecule has 194 valence electrons. The van der Waals surface area contributed by atoms with Crippen LogP contribution in [-0.4, -0.2) is 55.2 Å². The summed E-state index contributed by atoms with van der Waals surface area (Å²) in [4.78, 5) is 17.6. The van der Waals surface area contributed by atoms with E-state index in [-0.39, 0.29) is 18.3 Å². The summed E-state index contributed by atoms with van der Waals surface area (Å²) in [7, 11) is 0. The Hall–Kier alpha value is -3.65. The fourth-order valence-electron chi connectivity index (χ4n) is 4.31. The van der Waals surface area contributed by atoms with Crippen molar-refractivity contribution in [2.45, 2.75) is 20.8 Å². The normalized spacial score (nSPS) is 13.3. The number of nitrogens with zero attached hydrogens (tertiary/aromatic N) is 2. The van der Waals surface area contributed by atoms with Gasteiger partial charge in [-0.25, -0.2) is 4.39 Å². The molecular weight excluding hydrogens is 489 g/mol. The molecule has 1 N–H and O–H groups in total. The molecule has 3 aromatic rings. The first kappa shape index (κ1) is 26.4. The molecule has 0 unspecified atom stereocenters. The predicted octanol–water partition coefficient (Wildman–Crippen LogP) is 5.36. The third kappa shape index (κ3) is 6.77. The van der Waals surface area contributed by atoms with Gasteiger partial charge in [-0.1, -0.05) is 29.9 Å². The molecule has 6 nitrogen and oxygen atoms in total. The SMILES string of the molecule is CCOc1cc(C(=S)N2CCN(c3ccc(F)cc3)CC2)ccc1OCC(=O)Nc1ccc(C)cc1C. The molecule has 37 heavy (non-hydrogen) atoms. The number of rotatable bonds is 8. The molecule has 1 aliphatic rings. The summed E-state index contributed by atoms with van der Waals surface area (Å²) >= 11 is 5.80. The van der Waals surface area contributed by atoms with Crippen molar-refractivity contribution in [1.82, 2.24) is 4.90 Å². The molecule has 1 saturated heterocycles. The highest BCUT2D eigenvalue weighted by molar-refractivity contribution is 7.80. The average Bonchev–Trinajstić information content (AvgIpc) is 2.90. The van der Waals surface area contributed by atoms with E-state index < -0.39 is 0 Å². The molecule has 0 aromatic heterocycles. The molecule has 0 atom stereocenters. The van der Waals surface area contributed by atoms with Gasteiger partial charge in [-0.15, -0.1) is 0 Å². The van der Waals surface area contributed by atoms with E-state index in [1.165, 1.54) is 12.1 Å². The summed E-state index contributed by atoms with van der Waals surface area (Å²) in [6.07, 6.45) is 0. The first-order valence-corrected chi connectivity index (χ1v) is 12.8. The van der Waals surface area contributed by atoms with Gasteiger partial charge in [0.15, 0.2) is 18.1 Å². The van der Waals surface area contributed by atoms with E-state index in [1.807, 2.05) is 51.1 Å². The summed E-state index contributed by atoms with van der Waals surface area (Å²) in [6.45, 7) is 9.30. The van der Waals surface area contributed by atoms with Gasteiger partial charge >= 0.3 is 0 Å². The Labute approximate surface area is 223 Å². The fraction of sp³-hybridized carbons (Fsp3) is 0.310. The minimum Gasteiger partial charge on any atom is -0.490 e. The van der Waals surface area contributed by atoms with Crippen molar-refractivity contribution in [3.05, 3.63) is 83.2 Å². The third-order valence-electron chi connectivity index (χ3n) is 6.26. The molecule has 0 saturated carbocycles. The highest BCUT2D eigenvalue weighted by Crippen LogP contribution is 2.30. The van der Waals surface area contributed by atoms with Crippen molar-refractivity contribution in [2.24, 2.45) is 0 Å². The maximum atomic E-state index is 13.2. The van der Waals surface area contributed by atoms with Crippen LogP contribution >= 0.6 is 12.2 Å². The second-order valence-electron chi connectivity index (χ2n) is 9.01. The lowest BCUT2D eigenvalue weighted by Gasteiger charge is -2.37. The predicted molar refractivity (Wildman–Crippen MR) is 150 cm³/mol.